The second kappa shape index (κ2) is 8.62. The van der Waals surface area contributed by atoms with E-state index in [0.29, 0.717) is 34.0 Å². The first-order valence-electron chi connectivity index (χ1n) is 8.08. The molecule has 0 unspecified atom stereocenters. The molecule has 0 aliphatic carbocycles. The molecule has 0 aliphatic rings. The van der Waals surface area contributed by atoms with E-state index in [9.17, 15) is 9.59 Å². The van der Waals surface area contributed by atoms with Crippen molar-refractivity contribution >= 4 is 28.3 Å². The average Bonchev–Trinajstić information content (AvgIpc) is 2.93. The van der Waals surface area contributed by atoms with Crippen molar-refractivity contribution in [1.29, 1.82) is 0 Å². The molecule has 6 nitrogen and oxygen atoms in total. The van der Waals surface area contributed by atoms with Crippen LogP contribution >= 0.6 is 11.3 Å². The number of benzene rings is 1. The molecule has 25 heavy (non-hydrogen) atoms. The lowest BCUT2D eigenvalue weighted by Crippen LogP contribution is -2.20. The second-order valence-corrected chi connectivity index (χ2v) is 6.68. The third kappa shape index (κ3) is 5.03. The van der Waals surface area contributed by atoms with Gasteiger partial charge in [-0.1, -0.05) is 43.4 Å². The van der Waals surface area contributed by atoms with Crippen molar-refractivity contribution in [2.45, 2.75) is 33.6 Å². The maximum atomic E-state index is 12.1. The number of hydrogen-bond donors (Lipinski definition) is 1. The van der Waals surface area contributed by atoms with Crippen LogP contribution in [0.15, 0.2) is 24.3 Å². The highest BCUT2D eigenvalue weighted by Crippen LogP contribution is 2.26. The van der Waals surface area contributed by atoms with Crippen LogP contribution in [0.3, 0.4) is 0 Å². The second-order valence-electron chi connectivity index (χ2n) is 5.68. The van der Waals surface area contributed by atoms with Crippen LogP contribution in [0.2, 0.25) is 0 Å². The topological polar surface area (TPSA) is 77.5 Å². The van der Waals surface area contributed by atoms with Gasteiger partial charge in [0.05, 0.1) is 12.3 Å². The maximum Gasteiger partial charge on any atom is 0.350 e. The Balaban J connectivity index is 1.97. The standard InChI is InChI=1S/C18H22N2O4S/c1-5-23-17(22)16-12(4)19-18(25-16)20-15(21)10-24-14-9-7-6-8-13(14)11(2)3/h6-9,11H,5,10H2,1-4H3,(H,19,20,21). The minimum Gasteiger partial charge on any atom is -0.483 e. The zero-order chi connectivity index (χ0) is 18.4. The lowest BCUT2D eigenvalue weighted by Gasteiger charge is -2.13. The molecule has 7 heteroatoms. The van der Waals surface area contributed by atoms with E-state index in [1.165, 1.54) is 0 Å². The van der Waals surface area contributed by atoms with Gasteiger partial charge in [-0.15, -0.1) is 0 Å². The van der Waals surface area contributed by atoms with Gasteiger partial charge in [0.1, 0.15) is 10.6 Å². The van der Waals surface area contributed by atoms with E-state index in [2.05, 4.69) is 24.1 Å². The normalized spacial score (nSPS) is 10.6. The van der Waals surface area contributed by atoms with Crippen LogP contribution in [0.4, 0.5) is 5.13 Å². The molecular formula is C18H22N2O4S. The van der Waals surface area contributed by atoms with Gasteiger partial charge >= 0.3 is 5.97 Å². The van der Waals surface area contributed by atoms with Gasteiger partial charge in [-0.3, -0.25) is 10.1 Å². The number of rotatable bonds is 7. The van der Waals surface area contributed by atoms with Crippen molar-refractivity contribution < 1.29 is 19.1 Å². The van der Waals surface area contributed by atoms with Gasteiger partial charge in [0.25, 0.3) is 5.91 Å². The maximum absolute atomic E-state index is 12.1. The zero-order valence-electron chi connectivity index (χ0n) is 14.8. The van der Waals surface area contributed by atoms with Gasteiger partial charge in [-0.25, -0.2) is 9.78 Å². The Morgan fingerprint density at radius 1 is 1.28 bits per heavy atom. The molecule has 0 atom stereocenters. The summed E-state index contributed by atoms with van der Waals surface area (Å²) in [5.74, 6) is 0.228. The van der Waals surface area contributed by atoms with E-state index in [1.54, 1.807) is 13.8 Å². The predicted molar refractivity (Wildman–Crippen MR) is 97.5 cm³/mol. The summed E-state index contributed by atoms with van der Waals surface area (Å²) < 4.78 is 10.6. The van der Waals surface area contributed by atoms with Crippen molar-refractivity contribution in [2.24, 2.45) is 0 Å². The highest BCUT2D eigenvalue weighted by molar-refractivity contribution is 7.17. The number of aromatic nitrogens is 1. The summed E-state index contributed by atoms with van der Waals surface area (Å²) in [6.45, 7) is 7.74. The Kier molecular flexibility index (Phi) is 6.52. The predicted octanol–water partition coefficient (Wildman–Crippen LogP) is 3.77. The summed E-state index contributed by atoms with van der Waals surface area (Å²) >= 11 is 1.09. The molecule has 2 rings (SSSR count). The minimum atomic E-state index is -0.430. The van der Waals surface area contributed by atoms with Crippen LogP contribution in [0.5, 0.6) is 5.75 Å². The number of anilines is 1. The number of hydrogen-bond acceptors (Lipinski definition) is 6. The lowest BCUT2D eigenvalue weighted by molar-refractivity contribution is -0.118. The van der Waals surface area contributed by atoms with Gasteiger partial charge in [0.15, 0.2) is 11.7 Å². The lowest BCUT2D eigenvalue weighted by atomic mass is 10.0. The Morgan fingerprint density at radius 3 is 2.68 bits per heavy atom. The first kappa shape index (κ1) is 18.9. The van der Waals surface area contributed by atoms with E-state index in [1.807, 2.05) is 24.3 Å². The van der Waals surface area contributed by atoms with Crippen molar-refractivity contribution in [3.63, 3.8) is 0 Å². The van der Waals surface area contributed by atoms with Gasteiger partial charge in [0.2, 0.25) is 0 Å². The SMILES string of the molecule is CCOC(=O)c1sc(NC(=O)COc2ccccc2C(C)C)nc1C. The molecule has 0 bridgehead atoms. The highest BCUT2D eigenvalue weighted by atomic mass is 32.1. The summed E-state index contributed by atoms with van der Waals surface area (Å²) in [7, 11) is 0. The molecule has 0 saturated heterocycles. The number of thiazole rings is 1. The smallest absolute Gasteiger partial charge is 0.350 e. The van der Waals surface area contributed by atoms with Crippen LogP contribution in [0, 0.1) is 6.92 Å². The third-order valence-corrected chi connectivity index (χ3v) is 4.46. The third-order valence-electron chi connectivity index (χ3n) is 3.40. The van der Waals surface area contributed by atoms with Crippen LogP contribution < -0.4 is 10.1 Å². The van der Waals surface area contributed by atoms with Crippen LogP contribution in [0.25, 0.3) is 0 Å². The monoisotopic (exact) mass is 362 g/mol. The number of amides is 1. The van der Waals surface area contributed by atoms with E-state index in [-0.39, 0.29) is 12.5 Å². The molecule has 0 radical (unpaired) electrons. The number of ether oxygens (including phenoxy) is 2. The Hall–Kier alpha value is -2.41. The van der Waals surface area contributed by atoms with Crippen LogP contribution in [-0.2, 0) is 9.53 Å². The van der Waals surface area contributed by atoms with Crippen molar-refractivity contribution in [3.05, 3.63) is 40.4 Å². The molecule has 134 valence electrons. The number of carbonyl (C=O) groups is 2. The first-order chi connectivity index (χ1) is 11.9. The number of esters is 1. The van der Waals surface area contributed by atoms with Crippen LogP contribution in [-0.4, -0.2) is 30.1 Å². The molecule has 0 aliphatic heterocycles. The Labute approximate surface area is 151 Å². The summed E-state index contributed by atoms with van der Waals surface area (Å²) in [6.07, 6.45) is 0. The molecule has 0 spiro atoms. The first-order valence-corrected chi connectivity index (χ1v) is 8.90. The van der Waals surface area contributed by atoms with E-state index in [0.717, 1.165) is 16.9 Å². The number of nitrogens with one attached hydrogen (secondary N) is 1. The summed E-state index contributed by atoms with van der Waals surface area (Å²) in [5.41, 5.74) is 1.58. The molecule has 0 saturated carbocycles. The molecular weight excluding hydrogens is 340 g/mol. The fourth-order valence-electron chi connectivity index (χ4n) is 2.22. The molecule has 1 aromatic heterocycles. The van der Waals surface area contributed by atoms with Gasteiger partial charge in [-0.2, -0.15) is 0 Å². The summed E-state index contributed by atoms with van der Waals surface area (Å²) in [6, 6.07) is 7.63. The molecule has 1 amide bonds. The number of para-hydroxylation sites is 1. The minimum absolute atomic E-state index is 0.128. The Morgan fingerprint density at radius 2 is 2.00 bits per heavy atom. The number of nitrogens with zero attached hydrogens (tertiary/aromatic N) is 1. The van der Waals surface area contributed by atoms with Crippen molar-refractivity contribution in [2.75, 3.05) is 18.5 Å². The van der Waals surface area contributed by atoms with Gasteiger partial charge in [0, 0.05) is 0 Å². The molecule has 1 N–H and O–H groups in total. The fourth-order valence-corrected chi connectivity index (χ4v) is 3.10. The summed E-state index contributed by atoms with van der Waals surface area (Å²) in [4.78, 5) is 28.5. The molecule has 1 heterocycles. The van der Waals surface area contributed by atoms with Gasteiger partial charge < -0.3 is 9.47 Å². The van der Waals surface area contributed by atoms with Crippen molar-refractivity contribution in [3.8, 4) is 5.75 Å². The average molecular weight is 362 g/mol. The Bertz CT molecular complexity index is 755. The van der Waals surface area contributed by atoms with Gasteiger partial charge in [-0.05, 0) is 31.4 Å². The van der Waals surface area contributed by atoms with Crippen LogP contribution in [0.1, 0.15) is 47.6 Å². The van der Waals surface area contributed by atoms with E-state index < -0.39 is 5.97 Å². The quantitative estimate of drug-likeness (QED) is 0.759. The fraction of sp³-hybridized carbons (Fsp3) is 0.389. The summed E-state index contributed by atoms with van der Waals surface area (Å²) in [5, 5.41) is 3.01. The molecule has 2 aromatic rings. The zero-order valence-corrected chi connectivity index (χ0v) is 15.6. The van der Waals surface area contributed by atoms with E-state index >= 15 is 0 Å². The molecule has 0 fully saturated rings. The highest BCUT2D eigenvalue weighted by Gasteiger charge is 2.18. The van der Waals surface area contributed by atoms with Crippen molar-refractivity contribution in [1.82, 2.24) is 4.98 Å². The largest absolute Gasteiger partial charge is 0.483 e. The van der Waals surface area contributed by atoms with E-state index in [4.69, 9.17) is 9.47 Å². The number of carbonyl (C=O) groups excluding carboxylic acids is 2. The number of aryl methyl sites for hydroxylation is 1. The molecule has 1 aromatic carbocycles.